The summed E-state index contributed by atoms with van der Waals surface area (Å²) in [6.07, 6.45) is 2.40. The van der Waals surface area contributed by atoms with Crippen LogP contribution in [-0.2, 0) is 4.79 Å². The lowest BCUT2D eigenvalue weighted by Crippen LogP contribution is -2.38. The van der Waals surface area contributed by atoms with Gasteiger partial charge in [0.15, 0.2) is 0 Å². The molecule has 2 N–H and O–H groups in total. The van der Waals surface area contributed by atoms with E-state index in [9.17, 15) is 4.79 Å². The Bertz CT molecular complexity index is 347. The first-order valence-electron chi connectivity index (χ1n) is 7.96. The van der Waals surface area contributed by atoms with Crippen LogP contribution < -0.4 is 5.73 Å². The number of nitrogens with zero attached hydrogens (tertiary/aromatic N) is 3. The highest BCUT2D eigenvalue weighted by Gasteiger charge is 2.26. The van der Waals surface area contributed by atoms with E-state index in [-0.39, 0.29) is 5.91 Å². The van der Waals surface area contributed by atoms with Gasteiger partial charge in [0.2, 0.25) is 5.91 Å². The molecule has 6 heteroatoms. The van der Waals surface area contributed by atoms with Crippen LogP contribution in [0.4, 0.5) is 0 Å². The number of thiocarbonyl (C=S) groups is 1. The van der Waals surface area contributed by atoms with Crippen molar-refractivity contribution in [3.8, 4) is 0 Å². The minimum absolute atomic E-state index is 0.178. The Morgan fingerprint density at radius 2 is 2.00 bits per heavy atom. The highest BCUT2D eigenvalue weighted by molar-refractivity contribution is 7.80. The number of hydrogen-bond acceptors (Lipinski definition) is 4. The lowest BCUT2D eigenvalue weighted by atomic mass is 10.2. The van der Waals surface area contributed by atoms with E-state index in [1.54, 1.807) is 4.90 Å². The van der Waals surface area contributed by atoms with Crippen LogP contribution in [0.5, 0.6) is 0 Å². The summed E-state index contributed by atoms with van der Waals surface area (Å²) >= 11 is 4.84. The number of carbonyl (C=O) groups excluding carboxylic acids is 1. The maximum atomic E-state index is 12.0. The third kappa shape index (κ3) is 6.28. The van der Waals surface area contributed by atoms with Gasteiger partial charge in [-0.2, -0.15) is 0 Å². The molecule has 0 spiro atoms. The molecule has 0 radical (unpaired) electrons. The molecule has 1 aliphatic rings. The molecule has 1 heterocycles. The van der Waals surface area contributed by atoms with Gasteiger partial charge < -0.3 is 15.5 Å². The Morgan fingerprint density at radius 3 is 2.57 bits per heavy atom. The van der Waals surface area contributed by atoms with Crippen LogP contribution in [0, 0.1) is 0 Å². The van der Waals surface area contributed by atoms with Crippen LogP contribution >= 0.6 is 12.2 Å². The number of nitrogens with two attached hydrogens (primary N) is 1. The summed E-state index contributed by atoms with van der Waals surface area (Å²) in [6.45, 7) is 10.3. The summed E-state index contributed by atoms with van der Waals surface area (Å²) in [5.41, 5.74) is 5.46. The average molecular weight is 314 g/mol. The molecule has 1 amide bonds. The number of amides is 1. The van der Waals surface area contributed by atoms with Crippen molar-refractivity contribution in [2.75, 3.05) is 46.3 Å². The first-order valence-corrected chi connectivity index (χ1v) is 8.37. The van der Waals surface area contributed by atoms with Crippen molar-refractivity contribution in [1.29, 1.82) is 0 Å². The standard InChI is InChI=1S/C15H30N4OS/c1-4-19(5-2)13-6-10-18(12-13)11-8-15(20)17(3)9-7-14(16)21/h13H,4-12H2,1-3H3,(H2,16,21). The van der Waals surface area contributed by atoms with Crippen molar-refractivity contribution in [2.24, 2.45) is 5.73 Å². The Hall–Kier alpha value is -0.720. The molecule has 5 nitrogen and oxygen atoms in total. The zero-order chi connectivity index (χ0) is 15.8. The molecule has 0 aromatic rings. The van der Waals surface area contributed by atoms with Gasteiger partial charge in [0.05, 0.1) is 4.99 Å². The Morgan fingerprint density at radius 1 is 1.33 bits per heavy atom. The van der Waals surface area contributed by atoms with Gasteiger partial charge in [0.1, 0.15) is 0 Å². The Balaban J connectivity index is 2.26. The second-order valence-electron chi connectivity index (χ2n) is 5.75. The van der Waals surface area contributed by atoms with Crippen molar-refractivity contribution >= 4 is 23.1 Å². The number of likely N-dealkylation sites (N-methyl/N-ethyl adjacent to an activating group) is 1. The Kier molecular flexibility index (Phi) is 8.14. The van der Waals surface area contributed by atoms with E-state index in [2.05, 4.69) is 23.6 Å². The maximum Gasteiger partial charge on any atom is 0.223 e. The largest absolute Gasteiger partial charge is 0.393 e. The molecule has 0 aliphatic carbocycles. The second-order valence-corrected chi connectivity index (χ2v) is 6.27. The van der Waals surface area contributed by atoms with Crippen molar-refractivity contribution in [3.05, 3.63) is 0 Å². The zero-order valence-electron chi connectivity index (χ0n) is 13.7. The van der Waals surface area contributed by atoms with E-state index in [1.807, 2.05) is 7.05 Å². The van der Waals surface area contributed by atoms with Gasteiger partial charge in [0.25, 0.3) is 0 Å². The zero-order valence-corrected chi connectivity index (χ0v) is 14.5. The van der Waals surface area contributed by atoms with E-state index >= 15 is 0 Å². The lowest BCUT2D eigenvalue weighted by molar-refractivity contribution is -0.130. The van der Waals surface area contributed by atoms with Gasteiger partial charge in [-0.05, 0) is 26.1 Å². The van der Waals surface area contributed by atoms with Gasteiger partial charge in [-0.15, -0.1) is 0 Å². The fraction of sp³-hybridized carbons (Fsp3) is 0.867. The van der Waals surface area contributed by atoms with Crippen LogP contribution in [0.3, 0.4) is 0 Å². The summed E-state index contributed by atoms with van der Waals surface area (Å²) in [7, 11) is 1.82. The highest BCUT2D eigenvalue weighted by Crippen LogP contribution is 2.15. The summed E-state index contributed by atoms with van der Waals surface area (Å²) in [5.74, 6) is 0.178. The van der Waals surface area contributed by atoms with E-state index in [1.165, 1.54) is 6.42 Å². The molecule has 122 valence electrons. The van der Waals surface area contributed by atoms with Gasteiger partial charge in [0, 0.05) is 45.6 Å². The van der Waals surface area contributed by atoms with Crippen LogP contribution in [0.1, 0.15) is 33.1 Å². The molecule has 1 rings (SSSR count). The fourth-order valence-corrected chi connectivity index (χ4v) is 2.99. The minimum atomic E-state index is 0.178. The SMILES string of the molecule is CCN(CC)C1CCN(CCC(=O)N(C)CCC(N)=S)C1. The number of hydrogen-bond donors (Lipinski definition) is 1. The van der Waals surface area contributed by atoms with E-state index in [0.29, 0.717) is 30.4 Å². The molecule has 21 heavy (non-hydrogen) atoms. The molecule has 0 saturated carbocycles. The molecule has 1 aliphatic heterocycles. The van der Waals surface area contributed by atoms with Crippen molar-refractivity contribution in [3.63, 3.8) is 0 Å². The van der Waals surface area contributed by atoms with Crippen LogP contribution in [0.2, 0.25) is 0 Å². The van der Waals surface area contributed by atoms with Gasteiger partial charge >= 0.3 is 0 Å². The summed E-state index contributed by atoms with van der Waals surface area (Å²) in [5, 5.41) is 0. The van der Waals surface area contributed by atoms with Gasteiger partial charge in [-0.3, -0.25) is 9.69 Å². The predicted octanol–water partition coefficient (Wildman–Crippen LogP) is 0.927. The van der Waals surface area contributed by atoms with Crippen molar-refractivity contribution in [1.82, 2.24) is 14.7 Å². The van der Waals surface area contributed by atoms with E-state index < -0.39 is 0 Å². The highest BCUT2D eigenvalue weighted by atomic mass is 32.1. The predicted molar refractivity (Wildman–Crippen MR) is 91.4 cm³/mol. The molecule has 1 saturated heterocycles. The smallest absolute Gasteiger partial charge is 0.223 e. The molecular formula is C15H30N4OS. The fourth-order valence-electron chi connectivity index (χ4n) is 2.90. The van der Waals surface area contributed by atoms with Crippen LogP contribution in [0.25, 0.3) is 0 Å². The first-order chi connectivity index (χ1) is 9.97. The molecule has 1 atom stereocenters. The van der Waals surface area contributed by atoms with Crippen molar-refractivity contribution in [2.45, 2.75) is 39.2 Å². The van der Waals surface area contributed by atoms with Crippen LogP contribution in [-0.4, -0.2) is 78.0 Å². The molecule has 1 fully saturated rings. The topological polar surface area (TPSA) is 52.8 Å². The lowest BCUT2D eigenvalue weighted by Gasteiger charge is -2.26. The average Bonchev–Trinajstić information content (AvgIpc) is 2.92. The first kappa shape index (κ1) is 18.3. The number of carbonyl (C=O) groups is 1. The molecule has 0 aromatic carbocycles. The van der Waals surface area contributed by atoms with Gasteiger partial charge in [-0.25, -0.2) is 0 Å². The normalized spacial score (nSPS) is 19.1. The quantitative estimate of drug-likeness (QED) is 0.642. The van der Waals surface area contributed by atoms with Crippen molar-refractivity contribution < 1.29 is 4.79 Å². The maximum absolute atomic E-state index is 12.0. The second kappa shape index (κ2) is 9.33. The molecular weight excluding hydrogens is 284 g/mol. The number of likely N-dealkylation sites (tertiary alicyclic amines) is 1. The third-order valence-corrected chi connectivity index (χ3v) is 4.54. The summed E-state index contributed by atoms with van der Waals surface area (Å²) in [4.78, 5) is 19.2. The summed E-state index contributed by atoms with van der Waals surface area (Å²) < 4.78 is 0. The minimum Gasteiger partial charge on any atom is -0.393 e. The number of rotatable bonds is 9. The van der Waals surface area contributed by atoms with E-state index in [0.717, 1.165) is 32.7 Å². The molecule has 0 aromatic heterocycles. The Labute approximate surface area is 134 Å². The molecule has 1 unspecified atom stereocenters. The third-order valence-electron chi connectivity index (χ3n) is 4.34. The monoisotopic (exact) mass is 314 g/mol. The van der Waals surface area contributed by atoms with Crippen LogP contribution in [0.15, 0.2) is 0 Å². The summed E-state index contributed by atoms with van der Waals surface area (Å²) in [6, 6.07) is 0.655. The molecule has 0 bridgehead atoms. The van der Waals surface area contributed by atoms with Gasteiger partial charge in [-0.1, -0.05) is 26.1 Å². The van der Waals surface area contributed by atoms with E-state index in [4.69, 9.17) is 18.0 Å².